The van der Waals surface area contributed by atoms with E-state index in [2.05, 4.69) is 10.3 Å². The fourth-order valence-electron chi connectivity index (χ4n) is 2.16. The molecule has 0 saturated carbocycles. The van der Waals surface area contributed by atoms with Crippen LogP contribution in [0.4, 0.5) is 4.39 Å². The highest BCUT2D eigenvalue weighted by molar-refractivity contribution is 8.01. The molecule has 118 valence electrons. The fraction of sp³-hybridized carbons (Fsp3) is 0.176. The Morgan fingerprint density at radius 2 is 2.00 bits per heavy atom. The zero-order valence-electron chi connectivity index (χ0n) is 12.5. The minimum Gasteiger partial charge on any atom is -0.349 e. The topological polar surface area (TPSA) is 42.0 Å². The molecule has 0 fully saturated rings. The first kappa shape index (κ1) is 16.0. The monoisotopic (exact) mass is 346 g/mol. The highest BCUT2D eigenvalue weighted by Crippen LogP contribution is 2.29. The summed E-state index contributed by atoms with van der Waals surface area (Å²) in [5.41, 5.74) is 1.84. The van der Waals surface area contributed by atoms with E-state index in [-0.39, 0.29) is 17.8 Å². The molecule has 0 aliphatic carbocycles. The zero-order valence-corrected chi connectivity index (χ0v) is 14.1. The van der Waals surface area contributed by atoms with Crippen LogP contribution in [0.5, 0.6) is 0 Å². The molecule has 3 rings (SSSR count). The third kappa shape index (κ3) is 4.09. The molecule has 0 radical (unpaired) electrons. The summed E-state index contributed by atoms with van der Waals surface area (Å²) in [6.45, 7) is 1.88. The lowest BCUT2D eigenvalue weighted by Gasteiger charge is -2.13. The van der Waals surface area contributed by atoms with Gasteiger partial charge in [-0.05, 0) is 36.8 Å². The maximum Gasteiger partial charge on any atom is 0.230 e. The number of amides is 1. The molecule has 0 aliphatic heterocycles. The summed E-state index contributed by atoms with van der Waals surface area (Å²) in [5.74, 6) is -0.0320. The van der Waals surface area contributed by atoms with Crippen LogP contribution < -0.4 is 5.32 Å². The van der Waals surface area contributed by atoms with Crippen LogP contribution in [-0.4, -0.2) is 16.6 Å². The summed E-state index contributed by atoms with van der Waals surface area (Å²) in [5, 5.41) is 2.91. The molecule has 2 aromatic carbocycles. The minimum atomic E-state index is -0.279. The highest BCUT2D eigenvalue weighted by Gasteiger charge is 2.11. The van der Waals surface area contributed by atoms with Crippen molar-refractivity contribution in [3.63, 3.8) is 0 Å². The van der Waals surface area contributed by atoms with Gasteiger partial charge in [0.15, 0.2) is 4.34 Å². The molecule has 23 heavy (non-hydrogen) atoms. The number of rotatable bonds is 5. The van der Waals surface area contributed by atoms with E-state index in [1.54, 1.807) is 23.5 Å². The maximum absolute atomic E-state index is 12.9. The Kier molecular flexibility index (Phi) is 4.93. The highest BCUT2D eigenvalue weighted by atomic mass is 32.2. The van der Waals surface area contributed by atoms with E-state index in [9.17, 15) is 9.18 Å². The molecule has 1 atom stereocenters. The van der Waals surface area contributed by atoms with Gasteiger partial charge >= 0.3 is 0 Å². The van der Waals surface area contributed by atoms with Gasteiger partial charge in [0.1, 0.15) is 5.82 Å². The van der Waals surface area contributed by atoms with Crippen LogP contribution in [0.25, 0.3) is 10.2 Å². The van der Waals surface area contributed by atoms with Crippen molar-refractivity contribution in [2.75, 3.05) is 5.75 Å². The van der Waals surface area contributed by atoms with Gasteiger partial charge in [-0.15, -0.1) is 11.3 Å². The third-order valence-electron chi connectivity index (χ3n) is 3.35. The largest absolute Gasteiger partial charge is 0.349 e. The summed E-state index contributed by atoms with van der Waals surface area (Å²) in [4.78, 5) is 16.5. The molecule has 1 N–H and O–H groups in total. The Balaban J connectivity index is 1.55. The molecule has 0 saturated heterocycles. The molecule has 6 heteroatoms. The van der Waals surface area contributed by atoms with E-state index < -0.39 is 0 Å². The van der Waals surface area contributed by atoms with Crippen LogP contribution in [0.1, 0.15) is 18.5 Å². The van der Waals surface area contributed by atoms with Crippen molar-refractivity contribution in [3.05, 3.63) is 59.9 Å². The Hall–Kier alpha value is -1.92. The number of carbonyl (C=O) groups is 1. The molecule has 1 heterocycles. The van der Waals surface area contributed by atoms with Gasteiger partial charge < -0.3 is 5.32 Å². The SMILES string of the molecule is CC(NC(=O)CSc1nc2ccccc2s1)c1ccc(F)cc1. The Morgan fingerprint density at radius 3 is 2.74 bits per heavy atom. The number of benzene rings is 2. The molecule has 1 amide bonds. The van der Waals surface area contributed by atoms with Crippen LogP contribution in [-0.2, 0) is 4.79 Å². The molecular formula is C17H15FN2OS2. The van der Waals surface area contributed by atoms with Crippen molar-refractivity contribution in [3.8, 4) is 0 Å². The first-order valence-corrected chi connectivity index (χ1v) is 8.95. The van der Waals surface area contributed by atoms with E-state index in [1.165, 1.54) is 23.9 Å². The molecular weight excluding hydrogens is 331 g/mol. The van der Waals surface area contributed by atoms with Crippen molar-refractivity contribution in [2.45, 2.75) is 17.3 Å². The number of fused-ring (bicyclic) bond motifs is 1. The molecule has 1 unspecified atom stereocenters. The first-order valence-electron chi connectivity index (χ1n) is 7.15. The smallest absolute Gasteiger partial charge is 0.230 e. The second-order valence-corrected chi connectivity index (χ2v) is 7.33. The van der Waals surface area contributed by atoms with Crippen molar-refractivity contribution in [1.29, 1.82) is 0 Å². The Morgan fingerprint density at radius 1 is 1.26 bits per heavy atom. The van der Waals surface area contributed by atoms with Gasteiger partial charge in [-0.2, -0.15) is 0 Å². The van der Waals surface area contributed by atoms with Gasteiger partial charge in [0.25, 0.3) is 0 Å². The van der Waals surface area contributed by atoms with E-state index >= 15 is 0 Å². The fourth-order valence-corrected chi connectivity index (χ4v) is 4.04. The second-order valence-electron chi connectivity index (χ2n) is 5.08. The van der Waals surface area contributed by atoms with Gasteiger partial charge in [-0.1, -0.05) is 36.0 Å². The molecule has 1 aromatic heterocycles. The summed E-state index contributed by atoms with van der Waals surface area (Å²) in [7, 11) is 0. The van der Waals surface area contributed by atoms with Crippen LogP contribution in [0.2, 0.25) is 0 Å². The number of aromatic nitrogens is 1. The molecule has 0 spiro atoms. The zero-order chi connectivity index (χ0) is 16.2. The number of hydrogen-bond donors (Lipinski definition) is 1. The van der Waals surface area contributed by atoms with E-state index in [1.807, 2.05) is 31.2 Å². The summed E-state index contributed by atoms with van der Waals surface area (Å²) in [6, 6.07) is 13.9. The van der Waals surface area contributed by atoms with Gasteiger partial charge in [0, 0.05) is 0 Å². The van der Waals surface area contributed by atoms with E-state index in [0.717, 1.165) is 20.1 Å². The Bertz CT molecular complexity index is 784. The predicted molar refractivity (Wildman–Crippen MR) is 93.3 cm³/mol. The summed E-state index contributed by atoms with van der Waals surface area (Å²) < 4.78 is 14.9. The van der Waals surface area contributed by atoms with Crippen molar-refractivity contribution in [1.82, 2.24) is 10.3 Å². The van der Waals surface area contributed by atoms with E-state index in [0.29, 0.717) is 5.75 Å². The number of carbonyl (C=O) groups excluding carboxylic acids is 1. The number of nitrogens with one attached hydrogen (secondary N) is 1. The summed E-state index contributed by atoms with van der Waals surface area (Å²) in [6.07, 6.45) is 0. The average molecular weight is 346 g/mol. The number of nitrogens with zero attached hydrogens (tertiary/aromatic N) is 1. The molecule has 3 nitrogen and oxygen atoms in total. The van der Waals surface area contributed by atoms with Crippen LogP contribution in [0.15, 0.2) is 52.9 Å². The quantitative estimate of drug-likeness (QED) is 0.696. The third-order valence-corrected chi connectivity index (χ3v) is 5.53. The molecule has 0 bridgehead atoms. The maximum atomic E-state index is 12.9. The Labute approximate surface area is 141 Å². The number of hydrogen-bond acceptors (Lipinski definition) is 4. The normalized spacial score (nSPS) is 12.3. The second kappa shape index (κ2) is 7.10. The first-order chi connectivity index (χ1) is 11.1. The van der Waals surface area contributed by atoms with Crippen LogP contribution in [0.3, 0.4) is 0 Å². The van der Waals surface area contributed by atoms with Crippen molar-refractivity contribution in [2.24, 2.45) is 0 Å². The summed E-state index contributed by atoms with van der Waals surface area (Å²) >= 11 is 3.02. The van der Waals surface area contributed by atoms with Gasteiger partial charge in [-0.3, -0.25) is 4.79 Å². The van der Waals surface area contributed by atoms with Gasteiger partial charge in [0.05, 0.1) is 22.0 Å². The standard InChI is InChI=1S/C17H15FN2OS2/c1-11(12-6-8-13(18)9-7-12)19-16(21)10-22-17-20-14-4-2-3-5-15(14)23-17/h2-9,11H,10H2,1H3,(H,19,21). The van der Waals surface area contributed by atoms with Crippen molar-refractivity contribution < 1.29 is 9.18 Å². The van der Waals surface area contributed by atoms with E-state index in [4.69, 9.17) is 0 Å². The number of thiazole rings is 1. The number of para-hydroxylation sites is 1. The van der Waals surface area contributed by atoms with Crippen molar-refractivity contribution >= 4 is 39.2 Å². The lowest BCUT2D eigenvalue weighted by atomic mass is 10.1. The van der Waals surface area contributed by atoms with Gasteiger partial charge in [0.2, 0.25) is 5.91 Å². The predicted octanol–water partition coefficient (Wildman–Crippen LogP) is 4.40. The lowest BCUT2D eigenvalue weighted by Crippen LogP contribution is -2.28. The minimum absolute atomic E-state index is 0.0638. The van der Waals surface area contributed by atoms with Crippen LogP contribution >= 0.6 is 23.1 Å². The molecule has 0 aliphatic rings. The molecule has 3 aromatic rings. The average Bonchev–Trinajstić information content (AvgIpc) is 2.96. The van der Waals surface area contributed by atoms with Crippen LogP contribution in [0, 0.1) is 5.82 Å². The van der Waals surface area contributed by atoms with Gasteiger partial charge in [-0.25, -0.2) is 9.37 Å². The number of thioether (sulfide) groups is 1. The number of halogens is 1. The lowest BCUT2D eigenvalue weighted by molar-refractivity contribution is -0.119.